The van der Waals surface area contributed by atoms with Gasteiger partial charge in [0.05, 0.1) is 0 Å². The van der Waals surface area contributed by atoms with Gasteiger partial charge >= 0.3 is 0 Å². The van der Waals surface area contributed by atoms with Crippen LogP contribution in [0.2, 0.25) is 0 Å². The number of rotatable bonds is 6. The van der Waals surface area contributed by atoms with Crippen molar-refractivity contribution < 1.29 is 14.7 Å². The Kier molecular flexibility index (Phi) is 5.15. The van der Waals surface area contributed by atoms with Crippen LogP contribution in [-0.4, -0.2) is 24.4 Å². The second-order valence-corrected chi connectivity index (χ2v) is 3.17. The van der Waals surface area contributed by atoms with Gasteiger partial charge in [-0.05, 0) is 24.6 Å². The number of hydrogen-bond acceptors (Lipinski definition) is 4. The van der Waals surface area contributed by atoms with Crippen LogP contribution in [0.4, 0.5) is 0 Å². The third-order valence-corrected chi connectivity index (χ3v) is 1.95. The topological polar surface area (TPSA) is 77.1 Å². The standard InChI is InChI=1S/C11H16N2O3/c1-2-15-8-16-10-5-3-9(4-6-10)7-11(12)13-14/h3-6,14H,2,7-8H2,1H3,(H2,12,13). The summed E-state index contributed by atoms with van der Waals surface area (Å²) in [4.78, 5) is 0. The van der Waals surface area contributed by atoms with Crippen molar-refractivity contribution in [1.29, 1.82) is 0 Å². The highest BCUT2D eigenvalue weighted by molar-refractivity contribution is 5.81. The van der Waals surface area contributed by atoms with E-state index in [9.17, 15) is 0 Å². The summed E-state index contributed by atoms with van der Waals surface area (Å²) < 4.78 is 10.4. The van der Waals surface area contributed by atoms with Crippen LogP contribution in [0.3, 0.4) is 0 Å². The maximum Gasteiger partial charge on any atom is 0.189 e. The molecule has 0 saturated heterocycles. The van der Waals surface area contributed by atoms with Crippen LogP contribution in [-0.2, 0) is 11.2 Å². The van der Waals surface area contributed by atoms with Gasteiger partial charge in [0, 0.05) is 13.0 Å². The van der Waals surface area contributed by atoms with E-state index in [1.165, 1.54) is 0 Å². The zero-order chi connectivity index (χ0) is 11.8. The average molecular weight is 224 g/mol. The molecule has 0 aliphatic carbocycles. The normalized spacial score (nSPS) is 11.4. The highest BCUT2D eigenvalue weighted by Crippen LogP contribution is 2.12. The minimum Gasteiger partial charge on any atom is -0.468 e. The number of benzene rings is 1. The van der Waals surface area contributed by atoms with Crippen LogP contribution < -0.4 is 10.5 Å². The van der Waals surface area contributed by atoms with Crippen molar-refractivity contribution in [3.05, 3.63) is 29.8 Å². The summed E-state index contributed by atoms with van der Waals surface area (Å²) in [6.07, 6.45) is 0.419. The first-order valence-electron chi connectivity index (χ1n) is 5.02. The number of nitrogens with two attached hydrogens (primary N) is 1. The largest absolute Gasteiger partial charge is 0.468 e. The predicted octanol–water partition coefficient (Wildman–Crippen LogP) is 1.35. The molecule has 0 unspecified atom stereocenters. The smallest absolute Gasteiger partial charge is 0.189 e. The zero-order valence-corrected chi connectivity index (χ0v) is 9.22. The molecule has 0 aliphatic rings. The molecule has 3 N–H and O–H groups in total. The van der Waals surface area contributed by atoms with E-state index in [0.717, 1.165) is 11.3 Å². The SMILES string of the molecule is CCOCOc1ccc(CC(N)=NO)cc1. The summed E-state index contributed by atoms with van der Waals surface area (Å²) in [6, 6.07) is 7.36. The van der Waals surface area contributed by atoms with Gasteiger partial charge in [0.25, 0.3) is 0 Å². The van der Waals surface area contributed by atoms with E-state index in [2.05, 4.69) is 5.16 Å². The molecule has 5 nitrogen and oxygen atoms in total. The summed E-state index contributed by atoms with van der Waals surface area (Å²) in [5, 5.41) is 11.3. The zero-order valence-electron chi connectivity index (χ0n) is 9.22. The van der Waals surface area contributed by atoms with E-state index in [1.54, 1.807) is 0 Å². The van der Waals surface area contributed by atoms with E-state index in [-0.39, 0.29) is 12.6 Å². The maximum absolute atomic E-state index is 8.42. The van der Waals surface area contributed by atoms with Gasteiger partial charge in [0.1, 0.15) is 11.6 Å². The van der Waals surface area contributed by atoms with Gasteiger partial charge in [-0.2, -0.15) is 0 Å². The highest BCUT2D eigenvalue weighted by atomic mass is 16.7. The summed E-state index contributed by atoms with van der Waals surface area (Å²) >= 11 is 0. The van der Waals surface area contributed by atoms with Gasteiger partial charge < -0.3 is 20.4 Å². The lowest BCUT2D eigenvalue weighted by Gasteiger charge is -2.06. The molecule has 16 heavy (non-hydrogen) atoms. The quantitative estimate of drug-likeness (QED) is 0.191. The van der Waals surface area contributed by atoms with Gasteiger partial charge in [-0.15, -0.1) is 0 Å². The minimum absolute atomic E-state index is 0.183. The van der Waals surface area contributed by atoms with E-state index in [4.69, 9.17) is 20.4 Å². The molecule has 1 aromatic rings. The van der Waals surface area contributed by atoms with E-state index in [1.807, 2.05) is 31.2 Å². The lowest BCUT2D eigenvalue weighted by atomic mass is 10.1. The molecule has 0 bridgehead atoms. The lowest BCUT2D eigenvalue weighted by Crippen LogP contribution is -2.14. The number of oxime groups is 1. The fraction of sp³-hybridized carbons (Fsp3) is 0.364. The number of nitrogens with zero attached hydrogens (tertiary/aromatic N) is 1. The summed E-state index contributed by atoms with van der Waals surface area (Å²) in [7, 11) is 0. The predicted molar refractivity (Wildman–Crippen MR) is 60.7 cm³/mol. The van der Waals surface area contributed by atoms with E-state index >= 15 is 0 Å². The summed E-state index contributed by atoms with van der Waals surface area (Å²) in [5.41, 5.74) is 6.35. The molecule has 0 amide bonds. The number of amidine groups is 1. The molecule has 0 atom stereocenters. The third kappa shape index (κ3) is 4.18. The van der Waals surface area contributed by atoms with Gasteiger partial charge in [0.15, 0.2) is 6.79 Å². The van der Waals surface area contributed by atoms with Crippen LogP contribution in [0, 0.1) is 0 Å². The molecule has 1 aromatic carbocycles. The summed E-state index contributed by atoms with van der Waals surface area (Å²) in [5.74, 6) is 0.916. The third-order valence-electron chi connectivity index (χ3n) is 1.95. The molecule has 0 saturated carbocycles. The van der Waals surface area contributed by atoms with Gasteiger partial charge in [-0.1, -0.05) is 17.3 Å². The van der Waals surface area contributed by atoms with Crippen molar-refractivity contribution in [2.24, 2.45) is 10.9 Å². The average Bonchev–Trinajstić information content (AvgIpc) is 2.31. The van der Waals surface area contributed by atoms with Crippen LogP contribution in [0.15, 0.2) is 29.4 Å². The molecule has 0 heterocycles. The van der Waals surface area contributed by atoms with Crippen LogP contribution >= 0.6 is 0 Å². The number of hydrogen-bond donors (Lipinski definition) is 2. The van der Waals surface area contributed by atoms with Gasteiger partial charge in [0.2, 0.25) is 0 Å². The lowest BCUT2D eigenvalue weighted by molar-refractivity contribution is 0.0224. The maximum atomic E-state index is 8.42. The van der Waals surface area contributed by atoms with Crippen molar-refractivity contribution in [2.75, 3.05) is 13.4 Å². The first-order chi connectivity index (χ1) is 7.76. The van der Waals surface area contributed by atoms with Crippen molar-refractivity contribution in [2.45, 2.75) is 13.3 Å². The Morgan fingerprint density at radius 2 is 2.06 bits per heavy atom. The van der Waals surface area contributed by atoms with Crippen molar-refractivity contribution in [1.82, 2.24) is 0 Å². The van der Waals surface area contributed by atoms with Crippen LogP contribution in [0.25, 0.3) is 0 Å². The Hall–Kier alpha value is -1.75. The molecule has 0 aromatic heterocycles. The second-order valence-electron chi connectivity index (χ2n) is 3.17. The Bertz CT molecular complexity index is 336. The van der Waals surface area contributed by atoms with Gasteiger partial charge in [-0.25, -0.2) is 0 Å². The van der Waals surface area contributed by atoms with E-state index in [0.29, 0.717) is 13.0 Å². The Morgan fingerprint density at radius 1 is 1.38 bits per heavy atom. The molecule has 0 aliphatic heterocycles. The fourth-order valence-electron chi connectivity index (χ4n) is 1.14. The Morgan fingerprint density at radius 3 is 2.62 bits per heavy atom. The Balaban J connectivity index is 2.47. The number of ether oxygens (including phenoxy) is 2. The van der Waals surface area contributed by atoms with Crippen molar-refractivity contribution in [3.8, 4) is 5.75 Å². The van der Waals surface area contributed by atoms with Crippen LogP contribution in [0.1, 0.15) is 12.5 Å². The summed E-state index contributed by atoms with van der Waals surface area (Å²) in [6.45, 7) is 2.78. The molecule has 5 heteroatoms. The minimum atomic E-state index is 0.183. The molecule has 88 valence electrons. The van der Waals surface area contributed by atoms with Gasteiger partial charge in [-0.3, -0.25) is 0 Å². The first kappa shape index (κ1) is 12.3. The molecule has 0 spiro atoms. The monoisotopic (exact) mass is 224 g/mol. The van der Waals surface area contributed by atoms with E-state index < -0.39 is 0 Å². The first-order valence-corrected chi connectivity index (χ1v) is 5.02. The van der Waals surface area contributed by atoms with Crippen molar-refractivity contribution >= 4 is 5.84 Å². The molecular formula is C11H16N2O3. The molecule has 0 fully saturated rings. The second kappa shape index (κ2) is 6.68. The fourth-order valence-corrected chi connectivity index (χ4v) is 1.14. The van der Waals surface area contributed by atoms with Crippen LogP contribution in [0.5, 0.6) is 5.75 Å². The Labute approximate surface area is 94.5 Å². The molecular weight excluding hydrogens is 208 g/mol. The highest BCUT2D eigenvalue weighted by Gasteiger charge is 1.98. The molecule has 1 rings (SSSR count). The van der Waals surface area contributed by atoms with Crippen molar-refractivity contribution in [3.63, 3.8) is 0 Å². The molecule has 0 radical (unpaired) electrons.